The summed E-state index contributed by atoms with van der Waals surface area (Å²) in [7, 11) is 0. The molecular formula is C15H31NO. The Morgan fingerprint density at radius 1 is 1.24 bits per heavy atom. The standard InChI is InChI=1S/C15H31NO/c1-12(2)17-11-10-15(16)8-6-13(7-9-15)14(3,4)5/h12-13H,6-11,16H2,1-5H3. The van der Waals surface area contributed by atoms with Crippen LogP contribution in [-0.4, -0.2) is 18.2 Å². The Balaban J connectivity index is 2.34. The second-order valence-corrected chi connectivity index (χ2v) is 7.17. The van der Waals surface area contributed by atoms with Crippen LogP contribution in [0.2, 0.25) is 0 Å². The monoisotopic (exact) mass is 241 g/mol. The van der Waals surface area contributed by atoms with Gasteiger partial charge in [-0.25, -0.2) is 0 Å². The molecule has 0 amide bonds. The molecule has 2 heteroatoms. The van der Waals surface area contributed by atoms with Crippen molar-refractivity contribution in [1.29, 1.82) is 0 Å². The summed E-state index contributed by atoms with van der Waals surface area (Å²) in [5, 5.41) is 0. The molecule has 0 bridgehead atoms. The van der Waals surface area contributed by atoms with Crippen molar-refractivity contribution in [2.24, 2.45) is 17.1 Å². The lowest BCUT2D eigenvalue weighted by atomic mass is 9.67. The number of hydrogen-bond acceptors (Lipinski definition) is 2. The summed E-state index contributed by atoms with van der Waals surface area (Å²) < 4.78 is 5.62. The van der Waals surface area contributed by atoms with Gasteiger partial charge in [0.15, 0.2) is 0 Å². The van der Waals surface area contributed by atoms with Gasteiger partial charge in [-0.1, -0.05) is 20.8 Å². The van der Waals surface area contributed by atoms with Crippen LogP contribution in [-0.2, 0) is 4.74 Å². The maximum atomic E-state index is 6.47. The smallest absolute Gasteiger partial charge is 0.0518 e. The molecule has 2 nitrogen and oxygen atoms in total. The van der Waals surface area contributed by atoms with Gasteiger partial charge in [-0.15, -0.1) is 0 Å². The van der Waals surface area contributed by atoms with Crippen molar-refractivity contribution in [2.45, 2.75) is 78.4 Å². The van der Waals surface area contributed by atoms with Crippen LogP contribution in [0.4, 0.5) is 0 Å². The predicted molar refractivity (Wildman–Crippen MR) is 74.0 cm³/mol. The van der Waals surface area contributed by atoms with Crippen molar-refractivity contribution in [3.63, 3.8) is 0 Å². The second-order valence-electron chi connectivity index (χ2n) is 7.17. The maximum Gasteiger partial charge on any atom is 0.0518 e. The van der Waals surface area contributed by atoms with Gasteiger partial charge in [0.2, 0.25) is 0 Å². The van der Waals surface area contributed by atoms with E-state index < -0.39 is 0 Å². The van der Waals surface area contributed by atoms with Crippen LogP contribution >= 0.6 is 0 Å². The molecule has 0 aliphatic heterocycles. The molecular weight excluding hydrogens is 210 g/mol. The Bertz CT molecular complexity index is 222. The van der Waals surface area contributed by atoms with Gasteiger partial charge < -0.3 is 10.5 Å². The van der Waals surface area contributed by atoms with Gasteiger partial charge in [0.25, 0.3) is 0 Å². The number of ether oxygens (including phenoxy) is 1. The third-order valence-electron chi connectivity index (χ3n) is 4.26. The highest BCUT2D eigenvalue weighted by molar-refractivity contribution is 4.92. The minimum Gasteiger partial charge on any atom is -0.379 e. The summed E-state index contributed by atoms with van der Waals surface area (Å²) in [5.41, 5.74) is 6.95. The molecule has 2 N–H and O–H groups in total. The van der Waals surface area contributed by atoms with E-state index in [2.05, 4.69) is 34.6 Å². The van der Waals surface area contributed by atoms with Gasteiger partial charge in [0, 0.05) is 12.1 Å². The summed E-state index contributed by atoms with van der Waals surface area (Å²) >= 11 is 0. The van der Waals surface area contributed by atoms with E-state index in [9.17, 15) is 0 Å². The molecule has 0 saturated heterocycles. The Kier molecular flexibility index (Phi) is 5.03. The zero-order valence-electron chi connectivity index (χ0n) is 12.4. The van der Waals surface area contributed by atoms with Gasteiger partial charge in [-0.3, -0.25) is 0 Å². The van der Waals surface area contributed by atoms with Gasteiger partial charge in [-0.05, 0) is 57.3 Å². The molecule has 1 rings (SSSR count). The van der Waals surface area contributed by atoms with Crippen molar-refractivity contribution in [2.75, 3.05) is 6.61 Å². The molecule has 0 unspecified atom stereocenters. The van der Waals surface area contributed by atoms with E-state index in [1.807, 2.05) is 0 Å². The van der Waals surface area contributed by atoms with Crippen LogP contribution in [0.3, 0.4) is 0 Å². The Morgan fingerprint density at radius 2 is 1.76 bits per heavy atom. The van der Waals surface area contributed by atoms with Gasteiger partial charge in [0.1, 0.15) is 0 Å². The third kappa shape index (κ3) is 4.97. The van der Waals surface area contributed by atoms with E-state index >= 15 is 0 Å². The first kappa shape index (κ1) is 15.0. The fraction of sp³-hybridized carbons (Fsp3) is 1.00. The lowest BCUT2D eigenvalue weighted by molar-refractivity contribution is 0.0501. The highest BCUT2D eigenvalue weighted by Gasteiger charge is 2.35. The van der Waals surface area contributed by atoms with Crippen LogP contribution in [0.1, 0.15) is 66.7 Å². The van der Waals surface area contributed by atoms with Crippen LogP contribution in [0.5, 0.6) is 0 Å². The second kappa shape index (κ2) is 5.71. The summed E-state index contributed by atoms with van der Waals surface area (Å²) in [5.74, 6) is 0.838. The number of nitrogens with two attached hydrogens (primary N) is 1. The fourth-order valence-corrected chi connectivity index (χ4v) is 2.81. The molecule has 0 heterocycles. The molecule has 0 aromatic rings. The van der Waals surface area contributed by atoms with Crippen molar-refractivity contribution >= 4 is 0 Å². The van der Waals surface area contributed by atoms with E-state index in [0.29, 0.717) is 11.5 Å². The lowest BCUT2D eigenvalue weighted by Gasteiger charge is -2.42. The van der Waals surface area contributed by atoms with Gasteiger partial charge in [0.05, 0.1) is 6.10 Å². The van der Waals surface area contributed by atoms with E-state index in [4.69, 9.17) is 10.5 Å². The van der Waals surface area contributed by atoms with Crippen molar-refractivity contribution < 1.29 is 4.74 Å². The van der Waals surface area contributed by atoms with E-state index in [1.165, 1.54) is 12.8 Å². The largest absolute Gasteiger partial charge is 0.379 e. The molecule has 102 valence electrons. The molecule has 0 aromatic carbocycles. The highest BCUT2D eigenvalue weighted by Crippen LogP contribution is 2.41. The van der Waals surface area contributed by atoms with Gasteiger partial charge >= 0.3 is 0 Å². The molecule has 17 heavy (non-hydrogen) atoms. The van der Waals surface area contributed by atoms with E-state index in [1.54, 1.807) is 0 Å². The van der Waals surface area contributed by atoms with E-state index in [0.717, 1.165) is 31.8 Å². The van der Waals surface area contributed by atoms with Crippen molar-refractivity contribution in [3.05, 3.63) is 0 Å². The number of rotatable bonds is 4. The molecule has 1 aliphatic carbocycles. The summed E-state index contributed by atoms with van der Waals surface area (Å²) in [6.45, 7) is 12.0. The first-order valence-electron chi connectivity index (χ1n) is 7.13. The van der Waals surface area contributed by atoms with E-state index in [-0.39, 0.29) is 5.54 Å². The van der Waals surface area contributed by atoms with Crippen LogP contribution in [0, 0.1) is 11.3 Å². The van der Waals surface area contributed by atoms with Crippen LogP contribution in [0.25, 0.3) is 0 Å². The minimum atomic E-state index is 0.0383. The van der Waals surface area contributed by atoms with Gasteiger partial charge in [-0.2, -0.15) is 0 Å². The lowest BCUT2D eigenvalue weighted by Crippen LogP contribution is -2.45. The first-order chi connectivity index (χ1) is 7.73. The SMILES string of the molecule is CC(C)OCCC1(N)CCC(C(C)(C)C)CC1. The molecule has 1 fully saturated rings. The average molecular weight is 241 g/mol. The Hall–Kier alpha value is -0.0800. The first-order valence-corrected chi connectivity index (χ1v) is 7.13. The molecule has 1 saturated carbocycles. The minimum absolute atomic E-state index is 0.0383. The van der Waals surface area contributed by atoms with Crippen molar-refractivity contribution in [1.82, 2.24) is 0 Å². The molecule has 0 aromatic heterocycles. The molecule has 1 aliphatic rings. The summed E-state index contributed by atoms with van der Waals surface area (Å²) in [6, 6.07) is 0. The van der Waals surface area contributed by atoms with Crippen molar-refractivity contribution in [3.8, 4) is 0 Å². The average Bonchev–Trinajstić information content (AvgIpc) is 2.15. The predicted octanol–water partition coefficient (Wildman–Crippen LogP) is 3.74. The molecule has 0 spiro atoms. The highest BCUT2D eigenvalue weighted by atomic mass is 16.5. The fourth-order valence-electron chi connectivity index (χ4n) is 2.81. The summed E-state index contributed by atoms with van der Waals surface area (Å²) in [4.78, 5) is 0. The third-order valence-corrected chi connectivity index (χ3v) is 4.26. The maximum absolute atomic E-state index is 6.47. The number of hydrogen-bond donors (Lipinski definition) is 1. The topological polar surface area (TPSA) is 35.2 Å². The molecule has 0 radical (unpaired) electrons. The van der Waals surface area contributed by atoms with Crippen LogP contribution in [0.15, 0.2) is 0 Å². The molecule has 0 atom stereocenters. The quantitative estimate of drug-likeness (QED) is 0.814. The zero-order chi connectivity index (χ0) is 13.1. The summed E-state index contributed by atoms with van der Waals surface area (Å²) in [6.07, 6.45) is 6.22. The zero-order valence-corrected chi connectivity index (χ0v) is 12.4. The Labute approximate surface area is 107 Å². The normalized spacial score (nSPS) is 30.9. The Morgan fingerprint density at radius 3 is 2.18 bits per heavy atom. The van der Waals surface area contributed by atoms with Crippen LogP contribution < -0.4 is 5.73 Å².